The molecular weight excluding hydrogens is 432 g/mol. The van der Waals surface area contributed by atoms with E-state index in [2.05, 4.69) is 5.32 Å². The van der Waals surface area contributed by atoms with Crippen molar-refractivity contribution in [2.45, 2.75) is 0 Å². The van der Waals surface area contributed by atoms with Crippen molar-refractivity contribution in [2.75, 3.05) is 18.6 Å². The van der Waals surface area contributed by atoms with Crippen LogP contribution in [0.25, 0.3) is 6.08 Å². The van der Waals surface area contributed by atoms with Crippen molar-refractivity contribution in [3.8, 4) is 11.5 Å². The van der Waals surface area contributed by atoms with Gasteiger partial charge in [0.05, 0.1) is 17.8 Å². The van der Waals surface area contributed by atoms with Gasteiger partial charge in [-0.2, -0.15) is 0 Å². The number of carbonyl (C=O) groups excluding carboxylic acids is 2. The van der Waals surface area contributed by atoms with Crippen LogP contribution in [0.5, 0.6) is 11.5 Å². The van der Waals surface area contributed by atoms with E-state index in [9.17, 15) is 14.4 Å². The second-order valence-electron chi connectivity index (χ2n) is 6.03. The quantitative estimate of drug-likeness (QED) is 0.399. The van der Waals surface area contributed by atoms with Crippen molar-refractivity contribution in [3.05, 3.63) is 58.6 Å². The maximum atomic E-state index is 13.0. The molecule has 2 aromatic carbocycles. The van der Waals surface area contributed by atoms with Gasteiger partial charge in [-0.3, -0.25) is 19.8 Å². The molecule has 154 valence electrons. The molecule has 1 saturated heterocycles. The van der Waals surface area contributed by atoms with Crippen molar-refractivity contribution in [1.82, 2.24) is 5.32 Å². The van der Waals surface area contributed by atoms with Crippen molar-refractivity contribution in [1.29, 1.82) is 0 Å². The summed E-state index contributed by atoms with van der Waals surface area (Å²) in [6, 6.07) is 11.1. The standard InChI is InChI=1S/C20H15ClN2O6S/c1-28-13-5-3-12(4-6-13)23-19(27)14(18(26)22-20(23)30)8-11-2-7-16(15(21)9-11)29-10-17(24)25/h2-9H,10H2,1H3,(H,24,25)(H,22,26,30)/b14-8+. The summed E-state index contributed by atoms with van der Waals surface area (Å²) in [4.78, 5) is 37.2. The number of rotatable bonds is 6. The molecule has 0 aliphatic carbocycles. The summed E-state index contributed by atoms with van der Waals surface area (Å²) in [5.41, 5.74) is 0.769. The van der Waals surface area contributed by atoms with Crippen LogP contribution in [-0.4, -0.2) is 41.7 Å². The number of thiocarbonyl (C=S) groups is 1. The SMILES string of the molecule is COc1ccc(N2C(=O)/C(=C/c3ccc(OCC(=O)O)c(Cl)c3)C(=O)NC2=S)cc1. The second kappa shape index (κ2) is 8.93. The Bertz CT molecular complexity index is 1070. The minimum absolute atomic E-state index is 0.0391. The molecule has 2 N–H and O–H groups in total. The Hall–Kier alpha value is -3.43. The Labute approximate surface area is 181 Å². The minimum Gasteiger partial charge on any atom is -0.497 e. The number of carbonyl (C=O) groups is 3. The molecule has 0 unspecified atom stereocenters. The van der Waals surface area contributed by atoms with Gasteiger partial charge in [-0.15, -0.1) is 0 Å². The van der Waals surface area contributed by atoms with Gasteiger partial charge in [0.25, 0.3) is 11.8 Å². The molecule has 10 heteroatoms. The Morgan fingerprint density at radius 1 is 1.23 bits per heavy atom. The Morgan fingerprint density at radius 3 is 2.53 bits per heavy atom. The summed E-state index contributed by atoms with van der Waals surface area (Å²) in [7, 11) is 1.52. The van der Waals surface area contributed by atoms with Crippen molar-refractivity contribution >= 4 is 58.5 Å². The fourth-order valence-corrected chi connectivity index (χ4v) is 3.18. The molecule has 1 aliphatic rings. The van der Waals surface area contributed by atoms with Crippen LogP contribution in [0.4, 0.5) is 5.69 Å². The van der Waals surface area contributed by atoms with Crippen LogP contribution < -0.4 is 19.7 Å². The molecule has 1 heterocycles. The van der Waals surface area contributed by atoms with Crippen molar-refractivity contribution in [3.63, 3.8) is 0 Å². The first kappa shape index (κ1) is 21.3. The van der Waals surface area contributed by atoms with E-state index in [0.717, 1.165) is 0 Å². The van der Waals surface area contributed by atoms with Crippen LogP contribution in [0, 0.1) is 0 Å². The average molecular weight is 447 g/mol. The van der Waals surface area contributed by atoms with E-state index in [1.54, 1.807) is 30.3 Å². The molecule has 30 heavy (non-hydrogen) atoms. The number of hydrogen-bond acceptors (Lipinski definition) is 6. The molecule has 0 bridgehead atoms. The lowest BCUT2D eigenvalue weighted by atomic mass is 10.1. The van der Waals surface area contributed by atoms with E-state index < -0.39 is 24.4 Å². The van der Waals surface area contributed by atoms with Gasteiger partial charge >= 0.3 is 5.97 Å². The van der Waals surface area contributed by atoms with Gasteiger partial charge in [-0.05, 0) is 60.3 Å². The number of aliphatic carboxylic acids is 1. The first-order valence-electron chi connectivity index (χ1n) is 8.50. The largest absolute Gasteiger partial charge is 0.497 e. The Kier molecular flexibility index (Phi) is 6.34. The predicted octanol–water partition coefficient (Wildman–Crippen LogP) is 2.64. The Balaban J connectivity index is 1.90. The number of carboxylic acids is 1. The summed E-state index contributed by atoms with van der Waals surface area (Å²) in [5.74, 6) is -1.61. The van der Waals surface area contributed by atoms with E-state index in [0.29, 0.717) is 17.0 Å². The molecule has 0 radical (unpaired) electrons. The summed E-state index contributed by atoms with van der Waals surface area (Å²) >= 11 is 11.3. The molecule has 1 aliphatic heterocycles. The van der Waals surface area contributed by atoms with Crippen LogP contribution >= 0.6 is 23.8 Å². The van der Waals surface area contributed by atoms with Crippen LogP contribution in [0.1, 0.15) is 5.56 Å². The number of halogens is 1. The summed E-state index contributed by atoms with van der Waals surface area (Å²) in [6.45, 7) is -0.546. The molecule has 8 nitrogen and oxygen atoms in total. The summed E-state index contributed by atoms with van der Waals surface area (Å²) in [6.07, 6.45) is 1.36. The predicted molar refractivity (Wildman–Crippen MR) is 114 cm³/mol. The topological polar surface area (TPSA) is 105 Å². The third-order valence-corrected chi connectivity index (χ3v) is 4.63. The summed E-state index contributed by atoms with van der Waals surface area (Å²) in [5, 5.41) is 11.3. The van der Waals surface area contributed by atoms with Gasteiger partial charge in [-0.25, -0.2) is 4.79 Å². The zero-order chi connectivity index (χ0) is 21.8. The lowest BCUT2D eigenvalue weighted by molar-refractivity contribution is -0.139. The second-order valence-corrected chi connectivity index (χ2v) is 6.82. The number of methoxy groups -OCH3 is 1. The lowest BCUT2D eigenvalue weighted by Crippen LogP contribution is -2.54. The van der Waals surface area contributed by atoms with Gasteiger partial charge < -0.3 is 14.6 Å². The van der Waals surface area contributed by atoms with E-state index in [-0.39, 0.29) is 21.5 Å². The van der Waals surface area contributed by atoms with Crippen molar-refractivity contribution in [2.24, 2.45) is 0 Å². The van der Waals surface area contributed by atoms with Gasteiger partial charge in [0.15, 0.2) is 11.7 Å². The maximum absolute atomic E-state index is 13.0. The van der Waals surface area contributed by atoms with Crippen molar-refractivity contribution < 1.29 is 29.0 Å². The van der Waals surface area contributed by atoms with E-state index in [1.807, 2.05) is 0 Å². The molecule has 0 aromatic heterocycles. The smallest absolute Gasteiger partial charge is 0.341 e. The maximum Gasteiger partial charge on any atom is 0.341 e. The fraction of sp³-hybridized carbons (Fsp3) is 0.100. The van der Waals surface area contributed by atoms with E-state index in [4.69, 9.17) is 38.4 Å². The molecule has 2 aromatic rings. The zero-order valence-corrected chi connectivity index (χ0v) is 17.1. The van der Waals surface area contributed by atoms with E-state index >= 15 is 0 Å². The third kappa shape index (κ3) is 4.58. The van der Waals surface area contributed by atoms with Gasteiger partial charge in [0.2, 0.25) is 0 Å². The molecule has 2 amide bonds. The molecule has 0 spiro atoms. The van der Waals surface area contributed by atoms with Gasteiger partial charge in [-0.1, -0.05) is 17.7 Å². The number of hydrogen-bond donors (Lipinski definition) is 2. The number of nitrogens with one attached hydrogen (secondary N) is 1. The molecule has 3 rings (SSSR count). The normalized spacial score (nSPS) is 15.2. The van der Waals surface area contributed by atoms with Crippen LogP contribution in [0.2, 0.25) is 5.02 Å². The van der Waals surface area contributed by atoms with Crippen LogP contribution in [0.3, 0.4) is 0 Å². The number of ether oxygens (including phenoxy) is 2. The highest BCUT2D eigenvalue weighted by atomic mass is 35.5. The number of anilines is 1. The molecule has 0 saturated carbocycles. The van der Waals surface area contributed by atoms with Crippen LogP contribution in [0.15, 0.2) is 48.0 Å². The average Bonchev–Trinajstić information content (AvgIpc) is 2.70. The fourth-order valence-electron chi connectivity index (χ4n) is 2.65. The minimum atomic E-state index is -1.14. The number of benzene rings is 2. The van der Waals surface area contributed by atoms with Gasteiger partial charge in [0.1, 0.15) is 17.1 Å². The van der Waals surface area contributed by atoms with Gasteiger partial charge in [0, 0.05) is 0 Å². The first-order chi connectivity index (χ1) is 14.3. The highest BCUT2D eigenvalue weighted by molar-refractivity contribution is 7.80. The molecule has 0 atom stereocenters. The highest BCUT2D eigenvalue weighted by Crippen LogP contribution is 2.28. The summed E-state index contributed by atoms with van der Waals surface area (Å²) < 4.78 is 10.2. The molecule has 1 fully saturated rings. The Morgan fingerprint density at radius 2 is 1.93 bits per heavy atom. The van der Waals surface area contributed by atoms with Crippen LogP contribution in [-0.2, 0) is 14.4 Å². The number of carboxylic acid groups (broad SMARTS) is 1. The third-order valence-electron chi connectivity index (χ3n) is 4.05. The lowest BCUT2D eigenvalue weighted by Gasteiger charge is -2.29. The monoisotopic (exact) mass is 446 g/mol. The number of amides is 2. The highest BCUT2D eigenvalue weighted by Gasteiger charge is 2.34. The molecular formula is C20H15ClN2O6S. The van der Waals surface area contributed by atoms with E-state index in [1.165, 1.54) is 30.2 Å². The zero-order valence-electron chi connectivity index (χ0n) is 15.5. The first-order valence-corrected chi connectivity index (χ1v) is 9.28. The number of nitrogens with zero attached hydrogens (tertiary/aromatic N) is 1.